The van der Waals surface area contributed by atoms with Crippen LogP contribution in [0.25, 0.3) is 0 Å². The SMILES string of the molecule is C[C@@H](C(=O)N[C@H]1Cc2ccc(O)c(O)c2[C@H]2CC(C)(C)C(C(=O)N[C@@H]3CCCc4ccccc43)N2C1=O)N(CC(C)(C)C)C(=O)O. The number of carbonyl (C=O) groups excluding carboxylic acids is 3. The van der Waals surface area contributed by atoms with Crippen LogP contribution in [0, 0.1) is 10.8 Å². The number of amides is 4. The van der Waals surface area contributed by atoms with E-state index in [0.717, 1.165) is 29.7 Å². The van der Waals surface area contributed by atoms with E-state index < -0.39 is 52.9 Å². The molecule has 248 valence electrons. The van der Waals surface area contributed by atoms with Gasteiger partial charge in [-0.25, -0.2) is 4.79 Å². The standard InChI is InChI=1S/C35H46N4O7/c1-19(38(33(45)46)18-34(2,3)4)30(42)37-24-16-21-14-15-26(40)28(41)27(21)25-17-35(5,6)29(39(25)32(24)44)31(43)36-23-13-9-11-20-10-7-8-12-22(20)23/h7-8,10,12,14-15,19,23-25,29,40-41H,9,11,13,16-18H2,1-6H3,(H,36,43)(H,37,42)(H,45,46)/t19-,23+,24-,25+,29?/m0/s1. The monoisotopic (exact) mass is 634 g/mol. The highest BCUT2D eigenvalue weighted by molar-refractivity contribution is 5.95. The van der Waals surface area contributed by atoms with Gasteiger partial charge in [-0.05, 0) is 66.2 Å². The van der Waals surface area contributed by atoms with Gasteiger partial charge in [-0.3, -0.25) is 19.3 Å². The molecule has 2 heterocycles. The number of phenolic OH excluding ortho intramolecular Hbond substituents is 2. The Morgan fingerprint density at radius 2 is 1.74 bits per heavy atom. The van der Waals surface area contributed by atoms with Gasteiger partial charge in [0, 0.05) is 18.5 Å². The Kier molecular flexibility index (Phi) is 8.74. The van der Waals surface area contributed by atoms with Crippen LogP contribution in [0.3, 0.4) is 0 Å². The number of carbonyl (C=O) groups is 4. The summed E-state index contributed by atoms with van der Waals surface area (Å²) in [6.07, 6.45) is 1.67. The fraction of sp³-hybridized carbons (Fsp3) is 0.543. The Labute approximate surface area is 270 Å². The molecule has 5 N–H and O–H groups in total. The molecule has 0 spiro atoms. The van der Waals surface area contributed by atoms with Gasteiger partial charge in [0.25, 0.3) is 0 Å². The van der Waals surface area contributed by atoms with Gasteiger partial charge < -0.3 is 30.9 Å². The van der Waals surface area contributed by atoms with Gasteiger partial charge in [-0.1, -0.05) is 65.0 Å². The molecule has 0 bridgehead atoms. The normalized spacial score (nSPS) is 24.1. The molecule has 5 rings (SSSR count). The number of aromatic hydroxyl groups is 2. The van der Waals surface area contributed by atoms with E-state index in [2.05, 4.69) is 16.7 Å². The van der Waals surface area contributed by atoms with E-state index in [0.29, 0.717) is 17.5 Å². The van der Waals surface area contributed by atoms with Crippen molar-refractivity contribution >= 4 is 23.8 Å². The Morgan fingerprint density at radius 1 is 1.04 bits per heavy atom. The summed E-state index contributed by atoms with van der Waals surface area (Å²) in [5, 5.41) is 37.5. The Morgan fingerprint density at radius 3 is 2.41 bits per heavy atom. The quantitative estimate of drug-likeness (QED) is 0.294. The lowest BCUT2D eigenvalue weighted by molar-refractivity contribution is -0.145. The second-order valence-electron chi connectivity index (χ2n) is 14.9. The van der Waals surface area contributed by atoms with Crippen LogP contribution in [0.5, 0.6) is 11.5 Å². The van der Waals surface area contributed by atoms with Crippen LogP contribution in [0.4, 0.5) is 4.79 Å². The van der Waals surface area contributed by atoms with Crippen LogP contribution in [0.2, 0.25) is 0 Å². The van der Waals surface area contributed by atoms with Gasteiger partial charge in [0.05, 0.1) is 12.1 Å². The van der Waals surface area contributed by atoms with Crippen LogP contribution >= 0.6 is 0 Å². The minimum absolute atomic E-state index is 0.00935. The Bertz CT molecular complexity index is 1550. The summed E-state index contributed by atoms with van der Waals surface area (Å²) in [4.78, 5) is 57.0. The highest BCUT2D eigenvalue weighted by Gasteiger charge is 2.56. The maximum atomic E-state index is 14.5. The predicted molar refractivity (Wildman–Crippen MR) is 171 cm³/mol. The lowest BCUT2D eigenvalue weighted by Gasteiger charge is -2.36. The van der Waals surface area contributed by atoms with Gasteiger partial charge in [0.2, 0.25) is 17.7 Å². The van der Waals surface area contributed by atoms with Crippen molar-refractivity contribution in [1.82, 2.24) is 20.4 Å². The zero-order valence-electron chi connectivity index (χ0n) is 27.5. The molecule has 3 aliphatic rings. The van der Waals surface area contributed by atoms with E-state index in [9.17, 15) is 34.5 Å². The molecule has 0 aromatic heterocycles. The number of hydrogen-bond donors (Lipinski definition) is 5. The molecule has 2 aromatic rings. The first kappa shape index (κ1) is 33.1. The molecule has 1 unspecified atom stereocenters. The predicted octanol–water partition coefficient (Wildman–Crippen LogP) is 4.42. The summed E-state index contributed by atoms with van der Waals surface area (Å²) in [6.45, 7) is 11.0. The molecule has 1 saturated heterocycles. The average Bonchev–Trinajstić information content (AvgIpc) is 3.21. The first-order chi connectivity index (χ1) is 21.5. The molecular formula is C35H46N4O7. The summed E-state index contributed by atoms with van der Waals surface area (Å²) >= 11 is 0. The summed E-state index contributed by atoms with van der Waals surface area (Å²) < 4.78 is 0. The van der Waals surface area contributed by atoms with Crippen molar-refractivity contribution in [2.45, 2.75) is 104 Å². The first-order valence-electron chi connectivity index (χ1n) is 16.0. The number of nitrogens with zero attached hydrogens (tertiary/aromatic N) is 2. The molecule has 1 fully saturated rings. The molecule has 4 amide bonds. The van der Waals surface area contributed by atoms with Crippen molar-refractivity contribution in [3.63, 3.8) is 0 Å². The second-order valence-corrected chi connectivity index (χ2v) is 14.9. The number of aryl methyl sites for hydroxylation is 1. The van der Waals surface area contributed by atoms with E-state index in [1.807, 2.05) is 52.8 Å². The summed E-state index contributed by atoms with van der Waals surface area (Å²) in [6, 6.07) is 6.82. The van der Waals surface area contributed by atoms with E-state index in [1.54, 1.807) is 6.07 Å². The third-order valence-corrected chi connectivity index (χ3v) is 9.66. The van der Waals surface area contributed by atoms with Crippen molar-refractivity contribution in [1.29, 1.82) is 0 Å². The molecule has 0 radical (unpaired) electrons. The largest absolute Gasteiger partial charge is 0.504 e. The van der Waals surface area contributed by atoms with Crippen LogP contribution in [0.1, 0.15) is 95.1 Å². The van der Waals surface area contributed by atoms with Gasteiger partial charge in [-0.2, -0.15) is 0 Å². The molecule has 11 heteroatoms. The molecule has 46 heavy (non-hydrogen) atoms. The lowest BCUT2D eigenvalue weighted by atomic mass is 9.80. The highest BCUT2D eigenvalue weighted by Crippen LogP contribution is 2.53. The average molecular weight is 635 g/mol. The minimum atomic E-state index is -1.25. The van der Waals surface area contributed by atoms with Crippen LogP contribution in [-0.2, 0) is 27.2 Å². The van der Waals surface area contributed by atoms with Crippen molar-refractivity contribution in [3.8, 4) is 11.5 Å². The number of fused-ring (bicyclic) bond motifs is 4. The first-order valence-corrected chi connectivity index (χ1v) is 16.0. The van der Waals surface area contributed by atoms with Crippen molar-refractivity contribution in [3.05, 3.63) is 58.7 Å². The van der Waals surface area contributed by atoms with Crippen LogP contribution in [0.15, 0.2) is 36.4 Å². The molecule has 1 aliphatic carbocycles. The third kappa shape index (κ3) is 6.24. The molecule has 5 atom stereocenters. The zero-order chi connectivity index (χ0) is 33.7. The topological polar surface area (TPSA) is 160 Å². The van der Waals surface area contributed by atoms with E-state index in [1.165, 1.54) is 23.5 Å². The minimum Gasteiger partial charge on any atom is -0.504 e. The lowest BCUT2D eigenvalue weighted by Crippen LogP contribution is -2.58. The van der Waals surface area contributed by atoms with E-state index in [-0.39, 0.29) is 36.4 Å². The van der Waals surface area contributed by atoms with Crippen molar-refractivity contribution in [2.24, 2.45) is 10.8 Å². The second kappa shape index (κ2) is 12.1. The fourth-order valence-corrected chi connectivity index (χ4v) is 7.53. The molecule has 0 saturated carbocycles. The van der Waals surface area contributed by atoms with Crippen molar-refractivity contribution in [2.75, 3.05) is 6.54 Å². The number of carboxylic acid groups (broad SMARTS) is 1. The van der Waals surface area contributed by atoms with Gasteiger partial charge in [0.1, 0.15) is 18.1 Å². The number of nitrogens with one attached hydrogen (secondary N) is 2. The van der Waals surface area contributed by atoms with Gasteiger partial charge in [0.15, 0.2) is 11.5 Å². The zero-order valence-corrected chi connectivity index (χ0v) is 27.5. The van der Waals surface area contributed by atoms with Gasteiger partial charge in [-0.15, -0.1) is 0 Å². The summed E-state index contributed by atoms with van der Waals surface area (Å²) in [5.41, 5.74) is 1.99. The number of hydrogen-bond acceptors (Lipinski definition) is 6. The van der Waals surface area contributed by atoms with E-state index >= 15 is 0 Å². The molecular weight excluding hydrogens is 588 g/mol. The van der Waals surface area contributed by atoms with Crippen LogP contribution < -0.4 is 10.6 Å². The number of phenols is 2. The fourth-order valence-electron chi connectivity index (χ4n) is 7.53. The highest BCUT2D eigenvalue weighted by atomic mass is 16.4. The molecule has 11 nitrogen and oxygen atoms in total. The van der Waals surface area contributed by atoms with Gasteiger partial charge >= 0.3 is 6.09 Å². The van der Waals surface area contributed by atoms with E-state index in [4.69, 9.17) is 0 Å². The number of rotatable bonds is 6. The third-order valence-electron chi connectivity index (χ3n) is 9.66. The maximum absolute atomic E-state index is 14.5. The number of benzene rings is 2. The maximum Gasteiger partial charge on any atom is 0.407 e. The van der Waals surface area contributed by atoms with Crippen molar-refractivity contribution < 1.29 is 34.5 Å². The Hall–Kier alpha value is -4.28. The molecule has 2 aromatic carbocycles. The summed E-state index contributed by atoms with van der Waals surface area (Å²) in [7, 11) is 0. The smallest absolute Gasteiger partial charge is 0.407 e. The summed E-state index contributed by atoms with van der Waals surface area (Å²) in [5.74, 6) is -2.18. The Balaban J connectivity index is 1.50. The van der Waals surface area contributed by atoms with Crippen LogP contribution in [-0.4, -0.2) is 73.6 Å². The molecule has 2 aliphatic heterocycles.